The second kappa shape index (κ2) is 6.16. The molecule has 0 unspecified atom stereocenters. The molecule has 1 aromatic heterocycles. The van der Waals surface area contributed by atoms with E-state index >= 15 is 0 Å². The molecule has 0 aliphatic carbocycles. The minimum absolute atomic E-state index is 0.0511. The molecule has 0 amide bonds. The lowest BCUT2D eigenvalue weighted by Crippen LogP contribution is -2.07. The molecule has 2 rings (SSSR count). The Hall–Kier alpha value is -2.40. The van der Waals surface area contributed by atoms with Crippen LogP contribution >= 0.6 is 0 Å². The normalized spacial score (nSPS) is 10.3. The molecule has 104 valence electrons. The van der Waals surface area contributed by atoms with Crippen LogP contribution in [-0.2, 0) is 18.0 Å². The van der Waals surface area contributed by atoms with Crippen molar-refractivity contribution in [3.63, 3.8) is 0 Å². The number of hydrogen-bond donors (Lipinski definition) is 2. The zero-order chi connectivity index (χ0) is 14.5. The van der Waals surface area contributed by atoms with Crippen LogP contribution in [0.25, 0.3) is 0 Å². The highest BCUT2D eigenvalue weighted by Gasteiger charge is 2.13. The molecular formula is C15H15NO4. The number of nitrogens with zero attached hydrogens (tertiary/aromatic N) is 1. The summed E-state index contributed by atoms with van der Waals surface area (Å²) < 4.78 is 5.15. The van der Waals surface area contributed by atoms with E-state index in [0.717, 1.165) is 0 Å². The summed E-state index contributed by atoms with van der Waals surface area (Å²) in [6.45, 7) is 1.24. The van der Waals surface area contributed by atoms with Gasteiger partial charge in [-0.2, -0.15) is 0 Å². The van der Waals surface area contributed by atoms with Crippen LogP contribution < -0.4 is 0 Å². The van der Waals surface area contributed by atoms with Crippen LogP contribution in [0, 0.1) is 6.92 Å². The molecule has 0 aliphatic rings. The van der Waals surface area contributed by atoms with Crippen LogP contribution in [0.2, 0.25) is 0 Å². The Morgan fingerprint density at radius 3 is 2.65 bits per heavy atom. The van der Waals surface area contributed by atoms with Crippen molar-refractivity contribution in [2.45, 2.75) is 20.1 Å². The van der Waals surface area contributed by atoms with Crippen molar-refractivity contribution < 1.29 is 19.7 Å². The van der Waals surface area contributed by atoms with Crippen LogP contribution in [0.4, 0.5) is 0 Å². The van der Waals surface area contributed by atoms with Gasteiger partial charge in [0.25, 0.3) is 0 Å². The molecular weight excluding hydrogens is 258 g/mol. The number of benzene rings is 1. The number of aryl methyl sites for hydroxylation is 1. The minimum Gasteiger partial charge on any atom is -0.506 e. The van der Waals surface area contributed by atoms with Crippen molar-refractivity contribution in [1.29, 1.82) is 0 Å². The molecule has 0 radical (unpaired) electrons. The highest BCUT2D eigenvalue weighted by molar-refractivity contribution is 5.89. The summed E-state index contributed by atoms with van der Waals surface area (Å²) in [6.07, 6.45) is 1.48. The average molecular weight is 273 g/mol. The molecule has 0 atom stereocenters. The second-order valence-electron chi connectivity index (χ2n) is 4.30. The molecule has 2 aromatic rings. The van der Waals surface area contributed by atoms with Gasteiger partial charge in [-0.05, 0) is 19.1 Å². The number of aliphatic hydroxyl groups is 1. The lowest BCUT2D eigenvalue weighted by Gasteiger charge is -2.11. The number of carbonyl (C=O) groups excluding carboxylic acids is 1. The number of pyridine rings is 1. The first-order valence-electron chi connectivity index (χ1n) is 6.13. The second-order valence-corrected chi connectivity index (χ2v) is 4.30. The zero-order valence-corrected chi connectivity index (χ0v) is 11.0. The first kappa shape index (κ1) is 14.0. The van der Waals surface area contributed by atoms with Crippen LogP contribution in [0.15, 0.2) is 36.5 Å². The van der Waals surface area contributed by atoms with Gasteiger partial charge < -0.3 is 14.9 Å². The Morgan fingerprint density at radius 1 is 1.30 bits per heavy atom. The van der Waals surface area contributed by atoms with Crippen molar-refractivity contribution in [2.24, 2.45) is 0 Å². The fourth-order valence-corrected chi connectivity index (χ4v) is 1.79. The molecule has 5 heteroatoms. The largest absolute Gasteiger partial charge is 0.506 e. The van der Waals surface area contributed by atoms with Gasteiger partial charge in [0.1, 0.15) is 12.4 Å². The number of esters is 1. The molecule has 1 heterocycles. The number of hydrogen-bond acceptors (Lipinski definition) is 5. The van der Waals surface area contributed by atoms with Crippen LogP contribution in [0.1, 0.15) is 27.2 Å². The van der Waals surface area contributed by atoms with E-state index in [9.17, 15) is 15.0 Å². The van der Waals surface area contributed by atoms with Gasteiger partial charge in [-0.1, -0.05) is 18.2 Å². The third kappa shape index (κ3) is 2.95. The third-order valence-electron chi connectivity index (χ3n) is 2.96. The van der Waals surface area contributed by atoms with E-state index in [1.54, 1.807) is 31.2 Å². The molecule has 0 bridgehead atoms. The molecule has 0 aliphatic heterocycles. The summed E-state index contributed by atoms with van der Waals surface area (Å²) in [6, 6.07) is 8.60. The van der Waals surface area contributed by atoms with Crippen molar-refractivity contribution in [3.05, 3.63) is 58.9 Å². The standard InChI is InChI=1S/C15H15NO4/c1-10-14(18)13(8-17)12(7-16-10)9-20-15(19)11-5-3-2-4-6-11/h2-7,17-18H,8-9H2,1H3. The van der Waals surface area contributed by atoms with Crippen LogP contribution in [-0.4, -0.2) is 21.2 Å². The SMILES string of the molecule is Cc1ncc(COC(=O)c2ccccc2)c(CO)c1O. The van der Waals surface area contributed by atoms with E-state index < -0.39 is 5.97 Å². The van der Waals surface area contributed by atoms with Gasteiger partial charge in [0.05, 0.1) is 17.9 Å². The first-order chi connectivity index (χ1) is 9.63. The quantitative estimate of drug-likeness (QED) is 0.832. The molecule has 0 saturated heterocycles. The number of carbonyl (C=O) groups is 1. The summed E-state index contributed by atoms with van der Waals surface area (Å²) in [5.74, 6) is -0.532. The number of rotatable bonds is 4. The van der Waals surface area contributed by atoms with Gasteiger partial charge in [-0.25, -0.2) is 4.79 Å². The maximum absolute atomic E-state index is 11.8. The number of aromatic nitrogens is 1. The number of aliphatic hydroxyl groups excluding tert-OH is 1. The van der Waals surface area contributed by atoms with E-state index in [4.69, 9.17) is 4.74 Å². The predicted octanol–water partition coefficient (Wildman–Crippen LogP) is 1.94. The zero-order valence-electron chi connectivity index (χ0n) is 11.0. The molecule has 0 saturated carbocycles. The maximum atomic E-state index is 11.8. The summed E-state index contributed by atoms with van der Waals surface area (Å²) in [5.41, 5.74) is 1.69. The fraction of sp³-hybridized carbons (Fsp3) is 0.200. The van der Waals surface area contributed by atoms with Gasteiger partial charge in [-0.15, -0.1) is 0 Å². The summed E-state index contributed by atoms with van der Waals surface area (Å²) in [5, 5.41) is 19.1. The molecule has 1 aromatic carbocycles. The summed E-state index contributed by atoms with van der Waals surface area (Å²) in [4.78, 5) is 15.8. The predicted molar refractivity (Wildman–Crippen MR) is 72.1 cm³/mol. The van der Waals surface area contributed by atoms with Gasteiger partial charge in [-0.3, -0.25) is 4.98 Å². The van der Waals surface area contributed by atoms with Crippen molar-refractivity contribution in [2.75, 3.05) is 0 Å². The summed E-state index contributed by atoms with van der Waals surface area (Å²) in [7, 11) is 0. The molecule has 0 fully saturated rings. The molecule has 5 nitrogen and oxygen atoms in total. The van der Waals surface area contributed by atoms with Gasteiger partial charge >= 0.3 is 5.97 Å². The Morgan fingerprint density at radius 2 is 2.00 bits per heavy atom. The topological polar surface area (TPSA) is 79.7 Å². The highest BCUT2D eigenvalue weighted by Crippen LogP contribution is 2.24. The minimum atomic E-state index is -0.463. The third-order valence-corrected chi connectivity index (χ3v) is 2.96. The number of aromatic hydroxyl groups is 1. The Bertz CT molecular complexity index is 611. The molecule has 20 heavy (non-hydrogen) atoms. The lowest BCUT2D eigenvalue weighted by atomic mass is 10.1. The Kier molecular flexibility index (Phi) is 4.32. The monoisotopic (exact) mass is 273 g/mol. The van der Waals surface area contributed by atoms with Crippen LogP contribution in [0.3, 0.4) is 0 Å². The lowest BCUT2D eigenvalue weighted by molar-refractivity contribution is 0.0469. The van der Waals surface area contributed by atoms with Crippen molar-refractivity contribution in [3.8, 4) is 5.75 Å². The Balaban J connectivity index is 2.12. The van der Waals surface area contributed by atoms with E-state index in [1.165, 1.54) is 6.20 Å². The van der Waals surface area contributed by atoms with Crippen LogP contribution in [0.5, 0.6) is 5.75 Å². The smallest absolute Gasteiger partial charge is 0.338 e. The van der Waals surface area contributed by atoms with E-state index in [1.807, 2.05) is 6.07 Å². The van der Waals surface area contributed by atoms with Crippen molar-refractivity contribution in [1.82, 2.24) is 4.98 Å². The Labute approximate surface area is 116 Å². The van der Waals surface area contributed by atoms with E-state index in [-0.39, 0.29) is 19.0 Å². The molecule has 2 N–H and O–H groups in total. The number of ether oxygens (including phenoxy) is 1. The fourth-order valence-electron chi connectivity index (χ4n) is 1.79. The van der Waals surface area contributed by atoms with Gasteiger partial charge in [0, 0.05) is 17.3 Å². The van der Waals surface area contributed by atoms with E-state index in [0.29, 0.717) is 22.4 Å². The van der Waals surface area contributed by atoms with Gasteiger partial charge in [0.15, 0.2) is 0 Å². The van der Waals surface area contributed by atoms with Gasteiger partial charge in [0.2, 0.25) is 0 Å². The summed E-state index contributed by atoms with van der Waals surface area (Å²) >= 11 is 0. The average Bonchev–Trinajstić information content (AvgIpc) is 2.49. The highest BCUT2D eigenvalue weighted by atomic mass is 16.5. The molecule has 0 spiro atoms. The maximum Gasteiger partial charge on any atom is 0.338 e. The van der Waals surface area contributed by atoms with Crippen molar-refractivity contribution >= 4 is 5.97 Å². The van der Waals surface area contributed by atoms with E-state index in [2.05, 4.69) is 4.98 Å². The first-order valence-corrected chi connectivity index (χ1v) is 6.13.